The van der Waals surface area contributed by atoms with Crippen molar-refractivity contribution >= 4 is 35.8 Å². The molecule has 2 aromatic carbocycles. The van der Waals surface area contributed by atoms with Crippen molar-refractivity contribution < 1.29 is 9.53 Å². The van der Waals surface area contributed by atoms with Gasteiger partial charge in [0.25, 0.3) is 0 Å². The van der Waals surface area contributed by atoms with E-state index in [-0.39, 0.29) is 29.9 Å². The lowest BCUT2D eigenvalue weighted by atomic mass is 10.1. The molecule has 1 fully saturated rings. The maximum Gasteiger partial charge on any atom is 0.223 e. The van der Waals surface area contributed by atoms with E-state index >= 15 is 0 Å². The molecule has 2 aromatic rings. The van der Waals surface area contributed by atoms with Crippen molar-refractivity contribution in [2.24, 2.45) is 10.9 Å². The average molecular weight is 550 g/mol. The summed E-state index contributed by atoms with van der Waals surface area (Å²) >= 11 is 0. The third kappa shape index (κ3) is 8.00. The summed E-state index contributed by atoms with van der Waals surface area (Å²) < 4.78 is 5.70. The predicted molar refractivity (Wildman–Crippen MR) is 141 cm³/mol. The molecule has 1 aliphatic heterocycles. The fourth-order valence-electron chi connectivity index (χ4n) is 3.79. The quantitative estimate of drug-likeness (QED) is 0.268. The maximum atomic E-state index is 12.4. The number of aliphatic imine (C=N–C) groups is 1. The number of carbonyl (C=O) groups is 1. The van der Waals surface area contributed by atoms with Gasteiger partial charge in [0, 0.05) is 44.1 Å². The van der Waals surface area contributed by atoms with Crippen LogP contribution < -0.4 is 15.4 Å². The molecule has 1 unspecified atom stereocenters. The zero-order chi connectivity index (χ0) is 21.9. The highest BCUT2D eigenvalue weighted by Crippen LogP contribution is 2.19. The van der Waals surface area contributed by atoms with E-state index in [0.717, 1.165) is 49.9 Å². The molecule has 0 saturated carbocycles. The molecular weight excluding hydrogens is 515 g/mol. The number of rotatable bonds is 10. The Morgan fingerprint density at radius 2 is 1.84 bits per heavy atom. The second-order valence-electron chi connectivity index (χ2n) is 7.76. The molecule has 3 rings (SSSR count). The van der Waals surface area contributed by atoms with Gasteiger partial charge in [-0.1, -0.05) is 48.5 Å². The number of nitrogens with one attached hydrogen (secondary N) is 2. The van der Waals surface area contributed by atoms with Gasteiger partial charge in [0.15, 0.2) is 5.96 Å². The summed E-state index contributed by atoms with van der Waals surface area (Å²) in [6.07, 6.45) is 1.49. The van der Waals surface area contributed by atoms with Gasteiger partial charge in [-0.3, -0.25) is 4.79 Å². The fraction of sp³-hybridized carbons (Fsp3) is 0.440. The van der Waals surface area contributed by atoms with E-state index in [1.165, 1.54) is 5.56 Å². The number of halogens is 1. The van der Waals surface area contributed by atoms with Gasteiger partial charge in [0.05, 0.1) is 13.2 Å². The van der Waals surface area contributed by atoms with Gasteiger partial charge >= 0.3 is 0 Å². The van der Waals surface area contributed by atoms with Crippen LogP contribution in [0.1, 0.15) is 31.4 Å². The zero-order valence-corrected chi connectivity index (χ0v) is 21.4. The first-order valence-corrected chi connectivity index (χ1v) is 11.2. The minimum Gasteiger partial charge on any atom is -0.494 e. The maximum absolute atomic E-state index is 12.4. The molecule has 6 nitrogen and oxygen atoms in total. The number of hydrogen-bond acceptors (Lipinski definition) is 3. The summed E-state index contributed by atoms with van der Waals surface area (Å²) in [6, 6.07) is 18.3. The Labute approximate surface area is 208 Å². The van der Waals surface area contributed by atoms with Crippen LogP contribution in [0.3, 0.4) is 0 Å². The highest BCUT2D eigenvalue weighted by Gasteiger charge is 2.29. The van der Waals surface area contributed by atoms with Crippen LogP contribution in [0.4, 0.5) is 0 Å². The second kappa shape index (κ2) is 14.0. The van der Waals surface area contributed by atoms with E-state index in [9.17, 15) is 4.79 Å². The molecule has 0 bridgehead atoms. The molecular formula is C25H35IN4O2. The van der Waals surface area contributed by atoms with Gasteiger partial charge < -0.3 is 20.3 Å². The van der Waals surface area contributed by atoms with Crippen molar-refractivity contribution in [2.75, 3.05) is 32.8 Å². The molecule has 1 aliphatic rings. The summed E-state index contributed by atoms with van der Waals surface area (Å²) in [5.41, 5.74) is 2.33. The van der Waals surface area contributed by atoms with Crippen molar-refractivity contribution in [3.8, 4) is 5.75 Å². The summed E-state index contributed by atoms with van der Waals surface area (Å²) in [4.78, 5) is 19.1. The molecule has 7 heteroatoms. The number of amides is 1. The molecule has 1 atom stereocenters. The molecule has 174 valence electrons. The molecule has 0 aliphatic carbocycles. The highest BCUT2D eigenvalue weighted by molar-refractivity contribution is 14.0. The first-order chi connectivity index (χ1) is 15.2. The van der Waals surface area contributed by atoms with Crippen molar-refractivity contribution in [3.63, 3.8) is 0 Å². The van der Waals surface area contributed by atoms with E-state index in [4.69, 9.17) is 9.73 Å². The van der Waals surface area contributed by atoms with E-state index in [1.807, 2.05) is 54.3 Å². The molecule has 1 heterocycles. The minimum absolute atomic E-state index is 0. The SMILES string of the molecule is CCNC(=NCc1ccccc1OCC)NCC1CC(=O)N(CCc2ccccc2)C1.I. The number of ether oxygens (including phenoxy) is 1. The third-order valence-electron chi connectivity index (χ3n) is 5.39. The Balaban J connectivity index is 0.00000363. The summed E-state index contributed by atoms with van der Waals surface area (Å²) in [6.45, 7) is 8.30. The number of carbonyl (C=O) groups excluding carboxylic acids is 1. The minimum atomic E-state index is 0. The predicted octanol–water partition coefficient (Wildman–Crippen LogP) is 3.85. The fourth-order valence-corrected chi connectivity index (χ4v) is 3.79. The van der Waals surface area contributed by atoms with Crippen molar-refractivity contribution in [1.82, 2.24) is 15.5 Å². The number of benzene rings is 2. The molecule has 32 heavy (non-hydrogen) atoms. The number of nitrogens with zero attached hydrogens (tertiary/aromatic N) is 2. The zero-order valence-electron chi connectivity index (χ0n) is 19.0. The standard InChI is InChI=1S/C25H34N4O2.HI/c1-3-26-25(28-18-22-12-8-9-13-23(22)31-4-2)27-17-21-16-24(30)29(19-21)15-14-20-10-6-5-7-11-20;/h5-13,21H,3-4,14-19H2,1-2H3,(H2,26,27,28);1H. The van der Waals surface area contributed by atoms with Crippen LogP contribution in [-0.4, -0.2) is 49.6 Å². The van der Waals surface area contributed by atoms with Gasteiger partial charge in [-0.15, -0.1) is 24.0 Å². The average Bonchev–Trinajstić information content (AvgIpc) is 3.15. The summed E-state index contributed by atoms with van der Waals surface area (Å²) in [5.74, 6) is 2.18. The number of para-hydroxylation sites is 1. The molecule has 0 spiro atoms. The first kappa shape index (κ1) is 26.0. The van der Waals surface area contributed by atoms with Crippen LogP contribution >= 0.6 is 24.0 Å². The molecule has 1 saturated heterocycles. The number of hydrogen-bond donors (Lipinski definition) is 2. The van der Waals surface area contributed by atoms with Gasteiger partial charge in [0.2, 0.25) is 5.91 Å². The third-order valence-corrected chi connectivity index (χ3v) is 5.39. The van der Waals surface area contributed by atoms with Gasteiger partial charge in [-0.05, 0) is 31.9 Å². The van der Waals surface area contributed by atoms with Crippen LogP contribution in [0.5, 0.6) is 5.75 Å². The van der Waals surface area contributed by atoms with Crippen molar-refractivity contribution in [3.05, 3.63) is 65.7 Å². The Hall–Kier alpha value is -2.29. The molecule has 0 aromatic heterocycles. The summed E-state index contributed by atoms with van der Waals surface area (Å²) in [7, 11) is 0. The molecule has 0 radical (unpaired) electrons. The van der Waals surface area contributed by atoms with E-state index in [2.05, 4.69) is 29.7 Å². The van der Waals surface area contributed by atoms with Gasteiger partial charge in [-0.2, -0.15) is 0 Å². The largest absolute Gasteiger partial charge is 0.494 e. The lowest BCUT2D eigenvalue weighted by Gasteiger charge is -2.18. The molecule has 1 amide bonds. The van der Waals surface area contributed by atoms with Crippen LogP contribution in [0.25, 0.3) is 0 Å². The number of guanidine groups is 1. The normalized spacial score (nSPS) is 15.9. The summed E-state index contributed by atoms with van der Waals surface area (Å²) in [5, 5.41) is 6.72. The topological polar surface area (TPSA) is 66.0 Å². The first-order valence-electron chi connectivity index (χ1n) is 11.2. The van der Waals surface area contributed by atoms with E-state index in [0.29, 0.717) is 25.5 Å². The van der Waals surface area contributed by atoms with Crippen LogP contribution in [0, 0.1) is 5.92 Å². The van der Waals surface area contributed by atoms with E-state index in [1.54, 1.807) is 0 Å². The monoisotopic (exact) mass is 550 g/mol. The van der Waals surface area contributed by atoms with Crippen molar-refractivity contribution in [1.29, 1.82) is 0 Å². The van der Waals surface area contributed by atoms with E-state index < -0.39 is 0 Å². The Morgan fingerprint density at radius 3 is 2.59 bits per heavy atom. The van der Waals surface area contributed by atoms with Crippen molar-refractivity contribution in [2.45, 2.75) is 33.2 Å². The highest BCUT2D eigenvalue weighted by atomic mass is 127. The van der Waals surface area contributed by atoms with Crippen LogP contribution in [0.2, 0.25) is 0 Å². The Kier molecular flexibility index (Phi) is 11.3. The lowest BCUT2D eigenvalue weighted by Crippen LogP contribution is -2.40. The van der Waals surface area contributed by atoms with Crippen LogP contribution in [0.15, 0.2) is 59.6 Å². The molecule has 2 N–H and O–H groups in total. The second-order valence-corrected chi connectivity index (χ2v) is 7.76. The lowest BCUT2D eigenvalue weighted by molar-refractivity contribution is -0.127. The van der Waals surface area contributed by atoms with Gasteiger partial charge in [-0.25, -0.2) is 4.99 Å². The Bertz CT molecular complexity index is 860. The smallest absolute Gasteiger partial charge is 0.223 e. The van der Waals surface area contributed by atoms with Crippen LogP contribution in [-0.2, 0) is 17.8 Å². The number of likely N-dealkylation sites (tertiary alicyclic amines) is 1. The van der Waals surface area contributed by atoms with Gasteiger partial charge in [0.1, 0.15) is 5.75 Å². The Morgan fingerprint density at radius 1 is 1.09 bits per heavy atom.